The molecule has 34 heavy (non-hydrogen) atoms. The highest BCUT2D eigenvalue weighted by Crippen LogP contribution is 2.37. The van der Waals surface area contributed by atoms with Crippen molar-refractivity contribution in [3.8, 4) is 11.5 Å². The van der Waals surface area contributed by atoms with E-state index < -0.39 is 6.04 Å². The van der Waals surface area contributed by atoms with Crippen LogP contribution in [0, 0.1) is 0 Å². The monoisotopic (exact) mass is 458 g/mol. The van der Waals surface area contributed by atoms with Gasteiger partial charge in [0.25, 0.3) is 5.91 Å². The zero-order chi connectivity index (χ0) is 23.9. The van der Waals surface area contributed by atoms with Crippen LogP contribution in [0.5, 0.6) is 11.5 Å². The van der Waals surface area contributed by atoms with E-state index in [9.17, 15) is 9.59 Å². The number of hydrogen-bond donors (Lipinski definition) is 1. The maximum absolute atomic E-state index is 13.5. The minimum atomic E-state index is -0.423. The van der Waals surface area contributed by atoms with Gasteiger partial charge in [-0.3, -0.25) is 9.59 Å². The van der Waals surface area contributed by atoms with Gasteiger partial charge in [0.2, 0.25) is 5.91 Å². The normalized spacial score (nSPS) is 16.1. The number of carbonyl (C=O) groups excluding carboxylic acids is 2. The molecule has 0 bridgehead atoms. The standard InChI is InChI=1S/C28H30N2O4/c1-33-25-16-15-22(18-26(25)34-2)24-14-9-17-30(24)27(31)19-23(20-10-5-3-6-11-20)29-28(32)21-12-7-4-8-13-21/h3-8,10-13,15-16,18,23-24H,9,14,17,19H2,1-2H3,(H,29,32). The van der Waals surface area contributed by atoms with Gasteiger partial charge in [0, 0.05) is 12.1 Å². The Labute approximate surface area is 200 Å². The lowest BCUT2D eigenvalue weighted by molar-refractivity contribution is -0.132. The maximum Gasteiger partial charge on any atom is 0.251 e. The van der Waals surface area contributed by atoms with Gasteiger partial charge in [0.05, 0.1) is 32.7 Å². The lowest BCUT2D eigenvalue weighted by Crippen LogP contribution is -2.36. The van der Waals surface area contributed by atoms with Crippen molar-refractivity contribution in [1.82, 2.24) is 10.2 Å². The average Bonchev–Trinajstić information content (AvgIpc) is 3.39. The fourth-order valence-corrected chi connectivity index (χ4v) is 4.53. The molecular formula is C28H30N2O4. The zero-order valence-corrected chi connectivity index (χ0v) is 19.6. The van der Waals surface area contributed by atoms with Gasteiger partial charge in [0.15, 0.2) is 11.5 Å². The van der Waals surface area contributed by atoms with Crippen molar-refractivity contribution in [3.05, 3.63) is 95.6 Å². The molecule has 6 nitrogen and oxygen atoms in total. The Hall–Kier alpha value is -3.80. The molecule has 4 rings (SSSR count). The zero-order valence-electron chi connectivity index (χ0n) is 19.6. The Morgan fingerprint density at radius 1 is 0.941 bits per heavy atom. The third kappa shape index (κ3) is 5.22. The number of benzene rings is 3. The molecule has 1 heterocycles. The third-order valence-corrected chi connectivity index (χ3v) is 6.29. The SMILES string of the molecule is COc1ccc(C2CCCN2C(=O)CC(NC(=O)c2ccccc2)c2ccccc2)cc1OC. The predicted molar refractivity (Wildman–Crippen MR) is 131 cm³/mol. The van der Waals surface area contributed by atoms with Gasteiger partial charge in [-0.25, -0.2) is 0 Å². The van der Waals surface area contributed by atoms with Gasteiger partial charge >= 0.3 is 0 Å². The summed E-state index contributed by atoms with van der Waals surface area (Å²) in [6.45, 7) is 0.686. The topological polar surface area (TPSA) is 67.9 Å². The largest absolute Gasteiger partial charge is 0.493 e. The minimum absolute atomic E-state index is 0.0134. The van der Waals surface area contributed by atoms with E-state index in [4.69, 9.17) is 9.47 Å². The van der Waals surface area contributed by atoms with Crippen molar-refractivity contribution < 1.29 is 19.1 Å². The lowest BCUT2D eigenvalue weighted by atomic mass is 10.0. The molecule has 0 aliphatic carbocycles. The van der Waals surface area contributed by atoms with Crippen LogP contribution in [0.3, 0.4) is 0 Å². The first-order valence-electron chi connectivity index (χ1n) is 11.5. The summed E-state index contributed by atoms with van der Waals surface area (Å²) in [6.07, 6.45) is 2.00. The molecule has 0 aromatic heterocycles. The smallest absolute Gasteiger partial charge is 0.251 e. The molecule has 1 aliphatic heterocycles. The minimum Gasteiger partial charge on any atom is -0.493 e. The van der Waals surface area contributed by atoms with Gasteiger partial charge in [0.1, 0.15) is 0 Å². The molecule has 0 saturated carbocycles. The molecule has 3 aromatic rings. The molecule has 0 radical (unpaired) electrons. The number of carbonyl (C=O) groups is 2. The number of likely N-dealkylation sites (tertiary alicyclic amines) is 1. The van der Waals surface area contributed by atoms with Crippen molar-refractivity contribution >= 4 is 11.8 Å². The highest BCUT2D eigenvalue weighted by Gasteiger charge is 2.32. The number of ether oxygens (including phenoxy) is 2. The summed E-state index contributed by atoms with van der Waals surface area (Å²) in [7, 11) is 3.22. The molecule has 3 aromatic carbocycles. The predicted octanol–water partition coefficient (Wildman–Crippen LogP) is 4.93. The third-order valence-electron chi connectivity index (χ3n) is 6.29. The van der Waals surface area contributed by atoms with Crippen LogP contribution < -0.4 is 14.8 Å². The van der Waals surface area contributed by atoms with E-state index in [0.717, 1.165) is 24.0 Å². The summed E-state index contributed by atoms with van der Waals surface area (Å²) in [5.41, 5.74) is 2.50. The Bertz CT molecular complexity index is 1120. The second kappa shape index (κ2) is 10.9. The fraction of sp³-hybridized carbons (Fsp3) is 0.286. The molecule has 1 fully saturated rings. The number of nitrogens with zero attached hydrogens (tertiary/aromatic N) is 1. The highest BCUT2D eigenvalue weighted by atomic mass is 16.5. The van der Waals surface area contributed by atoms with Crippen molar-refractivity contribution in [2.45, 2.75) is 31.3 Å². The first-order valence-corrected chi connectivity index (χ1v) is 11.5. The van der Waals surface area contributed by atoms with E-state index in [-0.39, 0.29) is 24.3 Å². The Balaban J connectivity index is 1.54. The van der Waals surface area contributed by atoms with Crippen LogP contribution in [0.25, 0.3) is 0 Å². The van der Waals surface area contributed by atoms with Gasteiger partial charge in [-0.15, -0.1) is 0 Å². The van der Waals surface area contributed by atoms with E-state index >= 15 is 0 Å². The second-order valence-electron chi connectivity index (χ2n) is 8.37. The van der Waals surface area contributed by atoms with Gasteiger partial charge in [-0.05, 0) is 48.2 Å². The van der Waals surface area contributed by atoms with Crippen LogP contribution in [0.15, 0.2) is 78.9 Å². The number of methoxy groups -OCH3 is 2. The average molecular weight is 459 g/mol. The quantitative estimate of drug-likeness (QED) is 0.520. The van der Waals surface area contributed by atoms with Gasteiger partial charge in [-0.1, -0.05) is 54.6 Å². The molecule has 176 valence electrons. The van der Waals surface area contributed by atoms with Crippen LogP contribution in [0.2, 0.25) is 0 Å². The van der Waals surface area contributed by atoms with Crippen molar-refractivity contribution in [3.63, 3.8) is 0 Å². The molecule has 1 N–H and O–H groups in total. The van der Waals surface area contributed by atoms with E-state index in [1.165, 1.54) is 0 Å². The molecule has 1 aliphatic rings. The Morgan fingerprint density at radius 3 is 2.29 bits per heavy atom. The van der Waals surface area contributed by atoms with Crippen LogP contribution in [0.1, 0.15) is 52.8 Å². The van der Waals surface area contributed by atoms with E-state index in [2.05, 4.69) is 5.32 Å². The van der Waals surface area contributed by atoms with E-state index in [1.807, 2.05) is 71.6 Å². The summed E-state index contributed by atoms with van der Waals surface area (Å²) in [6, 6.07) is 24.1. The number of amides is 2. The van der Waals surface area contributed by atoms with Crippen LogP contribution >= 0.6 is 0 Å². The second-order valence-corrected chi connectivity index (χ2v) is 8.37. The number of hydrogen-bond acceptors (Lipinski definition) is 4. The summed E-state index contributed by atoms with van der Waals surface area (Å²) >= 11 is 0. The summed E-state index contributed by atoms with van der Waals surface area (Å²) in [4.78, 5) is 28.3. The van der Waals surface area contributed by atoms with Gasteiger partial charge in [-0.2, -0.15) is 0 Å². The first-order chi connectivity index (χ1) is 16.6. The lowest BCUT2D eigenvalue weighted by Gasteiger charge is -2.28. The maximum atomic E-state index is 13.5. The molecule has 2 unspecified atom stereocenters. The Morgan fingerprint density at radius 2 is 1.62 bits per heavy atom. The van der Waals surface area contributed by atoms with Gasteiger partial charge < -0.3 is 19.7 Å². The fourth-order valence-electron chi connectivity index (χ4n) is 4.53. The van der Waals surface area contributed by atoms with Crippen LogP contribution in [0.4, 0.5) is 0 Å². The van der Waals surface area contributed by atoms with Crippen molar-refractivity contribution in [1.29, 1.82) is 0 Å². The summed E-state index contributed by atoms with van der Waals surface area (Å²) in [5.74, 6) is 1.13. The summed E-state index contributed by atoms with van der Waals surface area (Å²) < 4.78 is 10.8. The van der Waals surface area contributed by atoms with Crippen molar-refractivity contribution in [2.24, 2.45) is 0 Å². The highest BCUT2D eigenvalue weighted by molar-refractivity contribution is 5.94. The Kier molecular flexibility index (Phi) is 7.48. The molecule has 6 heteroatoms. The van der Waals surface area contributed by atoms with E-state index in [1.54, 1.807) is 26.4 Å². The first kappa shape index (κ1) is 23.4. The molecule has 2 amide bonds. The molecule has 1 saturated heterocycles. The number of rotatable bonds is 8. The van der Waals surface area contributed by atoms with Crippen LogP contribution in [-0.4, -0.2) is 37.5 Å². The molecule has 0 spiro atoms. The number of nitrogens with one attached hydrogen (secondary N) is 1. The van der Waals surface area contributed by atoms with E-state index in [0.29, 0.717) is 23.6 Å². The molecular weight excluding hydrogens is 428 g/mol. The molecule has 2 atom stereocenters. The van der Waals surface area contributed by atoms with Crippen LogP contribution in [-0.2, 0) is 4.79 Å². The summed E-state index contributed by atoms with van der Waals surface area (Å²) in [5, 5.41) is 3.07. The van der Waals surface area contributed by atoms with Crippen molar-refractivity contribution in [2.75, 3.05) is 20.8 Å².